The molecule has 0 radical (unpaired) electrons. The number of fused-ring (bicyclic) bond motifs is 4. The molecule has 6 nitrogen and oxygen atoms in total. The van der Waals surface area contributed by atoms with Crippen LogP contribution < -0.4 is 0 Å². The summed E-state index contributed by atoms with van der Waals surface area (Å²) in [5.41, 5.74) is 0.226. The van der Waals surface area contributed by atoms with Gasteiger partial charge in [0.25, 0.3) is 0 Å². The highest BCUT2D eigenvalue weighted by Gasteiger charge is 2.86. The van der Waals surface area contributed by atoms with Gasteiger partial charge in [0.1, 0.15) is 17.8 Å². The fraction of sp³-hybridized carbons (Fsp3) is 0.906. The van der Waals surface area contributed by atoms with Gasteiger partial charge in [0.15, 0.2) is 5.79 Å². The van der Waals surface area contributed by atoms with Crippen LogP contribution in [0.5, 0.6) is 0 Å². The van der Waals surface area contributed by atoms with Gasteiger partial charge in [0.2, 0.25) is 0 Å². The monoisotopic (exact) mass is 528 g/mol. The summed E-state index contributed by atoms with van der Waals surface area (Å²) in [4.78, 5) is 12.0. The van der Waals surface area contributed by atoms with Gasteiger partial charge in [-0.1, -0.05) is 46.3 Å². The number of hydrogen-bond acceptors (Lipinski definition) is 6. The minimum Gasteiger partial charge on any atom is -0.457 e. The molecule has 7 rings (SSSR count). The predicted molar refractivity (Wildman–Crippen MR) is 142 cm³/mol. The van der Waals surface area contributed by atoms with Gasteiger partial charge in [-0.05, 0) is 92.3 Å². The van der Waals surface area contributed by atoms with Gasteiger partial charge >= 0.3 is 5.97 Å². The first kappa shape index (κ1) is 26.0. The lowest BCUT2D eigenvalue weighted by atomic mass is 9.44. The zero-order chi connectivity index (χ0) is 27.5. The van der Waals surface area contributed by atoms with Crippen molar-refractivity contribution in [2.24, 2.45) is 44.8 Å². The maximum atomic E-state index is 12.6. The van der Waals surface area contributed by atoms with Crippen molar-refractivity contribution in [3.8, 4) is 0 Å². The zero-order valence-corrected chi connectivity index (χ0v) is 24.6. The Morgan fingerprint density at radius 3 is 2.50 bits per heavy atom. The summed E-state index contributed by atoms with van der Waals surface area (Å²) in [6, 6.07) is 0. The smallest absolute Gasteiger partial charge is 0.303 e. The summed E-state index contributed by atoms with van der Waals surface area (Å²) in [6.45, 7) is 16.8. The number of aliphatic hydroxyl groups excluding tert-OH is 2. The normalized spacial score (nSPS) is 57.5. The fourth-order valence-electron chi connectivity index (χ4n) is 12.3. The maximum absolute atomic E-state index is 12.6. The van der Waals surface area contributed by atoms with Crippen LogP contribution in [0.2, 0.25) is 0 Å². The highest BCUT2D eigenvalue weighted by atomic mass is 16.8. The van der Waals surface area contributed by atoms with Crippen LogP contribution in [0.3, 0.4) is 0 Å². The molecule has 2 bridgehead atoms. The van der Waals surface area contributed by atoms with Crippen LogP contribution in [-0.2, 0) is 19.0 Å². The van der Waals surface area contributed by atoms with E-state index in [1.807, 2.05) is 13.8 Å². The van der Waals surface area contributed by atoms with Gasteiger partial charge in [-0.2, -0.15) is 0 Å². The average molecular weight is 529 g/mol. The van der Waals surface area contributed by atoms with Crippen molar-refractivity contribution in [2.45, 2.75) is 136 Å². The molecule has 0 amide bonds. The second-order valence-electron chi connectivity index (χ2n) is 16.0. The van der Waals surface area contributed by atoms with Crippen LogP contribution in [0.25, 0.3) is 0 Å². The largest absolute Gasteiger partial charge is 0.457 e. The molecule has 2 N–H and O–H groups in total. The summed E-state index contributed by atoms with van der Waals surface area (Å²) in [6.07, 6.45) is 7.94. The Hall–Kier alpha value is -0.950. The van der Waals surface area contributed by atoms with E-state index in [9.17, 15) is 15.0 Å². The van der Waals surface area contributed by atoms with Crippen molar-refractivity contribution in [2.75, 3.05) is 0 Å². The second-order valence-corrected chi connectivity index (χ2v) is 16.0. The lowest BCUT2D eigenvalue weighted by molar-refractivity contribution is -0.280. The molecule has 0 aromatic heterocycles. The SMILES string of the molecule is CC(=O)OC(C)(C)[C@H]1O[C@]23O[C@@H]1C[C@@H](C)[C@@H]2[C@@]1(C)CC[C@@]24C[C@@]25CC[C@H](O)C(C)(C)[C@@H]5CC=C4[C@]1(C)[C@H]3O. The Morgan fingerprint density at radius 1 is 1.11 bits per heavy atom. The Balaban J connectivity index is 1.33. The number of esters is 1. The van der Waals surface area contributed by atoms with Gasteiger partial charge in [0, 0.05) is 18.3 Å². The number of ether oxygens (including phenoxy) is 3. The molecular formula is C32H48O6. The lowest BCUT2D eigenvalue weighted by Crippen LogP contribution is -2.55. The molecule has 38 heavy (non-hydrogen) atoms. The molecule has 6 heteroatoms. The second kappa shape index (κ2) is 7.09. The van der Waals surface area contributed by atoms with E-state index in [-0.39, 0.29) is 45.8 Å². The lowest BCUT2D eigenvalue weighted by Gasteiger charge is -2.59. The van der Waals surface area contributed by atoms with Crippen molar-refractivity contribution >= 4 is 5.97 Å². The summed E-state index contributed by atoms with van der Waals surface area (Å²) in [5, 5.41) is 23.5. The molecule has 3 spiro atoms. The standard InChI is InChI=1S/C32H48O6/c1-17-15-19-24(27(5,6)36-18(2)33)38-32(37-19)23(17)28(7)13-14-31-16-30(31)12-11-22(34)26(3,4)20(30)9-10-21(31)29(28,8)25(32)35/h10,17,19-20,22-25,34-35H,9,11-16H2,1-8H3/t17-,19-,20+,22+,23-,24+,25-,28-,29-,30-,31+,32-/m1/s1. The molecule has 6 fully saturated rings. The Kier molecular flexibility index (Phi) is 4.85. The van der Waals surface area contributed by atoms with Crippen molar-refractivity contribution in [3.63, 3.8) is 0 Å². The third-order valence-electron chi connectivity index (χ3n) is 13.9. The molecule has 5 aliphatic carbocycles. The summed E-state index contributed by atoms with van der Waals surface area (Å²) < 4.78 is 19.5. The molecule has 0 aromatic rings. The quantitative estimate of drug-likeness (QED) is 0.381. The van der Waals surface area contributed by atoms with Crippen LogP contribution in [0, 0.1) is 44.8 Å². The molecule has 0 aromatic carbocycles. The Labute approximate surface area is 227 Å². The third kappa shape index (κ3) is 2.56. The molecule has 4 saturated carbocycles. The van der Waals surface area contributed by atoms with E-state index in [0.29, 0.717) is 11.8 Å². The van der Waals surface area contributed by atoms with E-state index in [4.69, 9.17) is 14.2 Å². The summed E-state index contributed by atoms with van der Waals surface area (Å²) >= 11 is 0. The summed E-state index contributed by atoms with van der Waals surface area (Å²) in [5.74, 6) is -0.576. The molecule has 2 heterocycles. The van der Waals surface area contributed by atoms with Crippen LogP contribution >= 0.6 is 0 Å². The summed E-state index contributed by atoms with van der Waals surface area (Å²) in [7, 11) is 0. The van der Waals surface area contributed by atoms with E-state index in [1.165, 1.54) is 18.9 Å². The maximum Gasteiger partial charge on any atom is 0.303 e. The third-order valence-corrected chi connectivity index (χ3v) is 13.9. The number of allylic oxidation sites excluding steroid dienone is 1. The molecular weight excluding hydrogens is 480 g/mol. The van der Waals surface area contributed by atoms with E-state index in [2.05, 4.69) is 40.7 Å². The molecule has 12 atom stereocenters. The Bertz CT molecular complexity index is 1130. The van der Waals surface area contributed by atoms with Gasteiger partial charge in [-0.25, -0.2) is 0 Å². The molecule has 2 aliphatic heterocycles. The zero-order valence-electron chi connectivity index (χ0n) is 24.6. The molecule has 0 unspecified atom stereocenters. The highest BCUT2D eigenvalue weighted by molar-refractivity contribution is 5.66. The topological polar surface area (TPSA) is 85.2 Å². The number of rotatable bonds is 2. The number of aliphatic hydroxyl groups is 2. The first-order chi connectivity index (χ1) is 17.5. The molecule has 212 valence electrons. The molecule has 2 saturated heterocycles. The molecule has 7 aliphatic rings. The van der Waals surface area contributed by atoms with Crippen molar-refractivity contribution < 1.29 is 29.2 Å². The number of carbonyl (C=O) groups excluding carboxylic acids is 1. The van der Waals surface area contributed by atoms with E-state index in [1.54, 1.807) is 0 Å². The van der Waals surface area contributed by atoms with Crippen LogP contribution in [0.4, 0.5) is 0 Å². The van der Waals surface area contributed by atoms with Gasteiger partial charge in [0.05, 0.1) is 12.2 Å². The van der Waals surface area contributed by atoms with Crippen LogP contribution in [0.1, 0.15) is 100 Å². The van der Waals surface area contributed by atoms with Crippen molar-refractivity contribution in [1.82, 2.24) is 0 Å². The first-order valence-corrected chi connectivity index (χ1v) is 15.2. The minimum atomic E-state index is -1.10. The predicted octanol–water partition coefficient (Wildman–Crippen LogP) is 5.15. The number of hydrogen-bond donors (Lipinski definition) is 2. The van der Waals surface area contributed by atoms with E-state index >= 15 is 0 Å². The number of carbonyl (C=O) groups is 1. The van der Waals surface area contributed by atoms with Crippen LogP contribution in [0.15, 0.2) is 11.6 Å². The van der Waals surface area contributed by atoms with Gasteiger partial charge in [-0.3, -0.25) is 4.79 Å². The van der Waals surface area contributed by atoms with Gasteiger partial charge < -0.3 is 24.4 Å². The van der Waals surface area contributed by atoms with E-state index < -0.39 is 29.0 Å². The van der Waals surface area contributed by atoms with Crippen LogP contribution in [-0.4, -0.2) is 52.0 Å². The fourth-order valence-corrected chi connectivity index (χ4v) is 12.3. The van der Waals surface area contributed by atoms with E-state index in [0.717, 1.165) is 38.5 Å². The average Bonchev–Trinajstić information content (AvgIpc) is 3.33. The van der Waals surface area contributed by atoms with Crippen molar-refractivity contribution in [1.29, 1.82) is 0 Å². The Morgan fingerprint density at radius 2 is 1.82 bits per heavy atom. The minimum absolute atomic E-state index is 0.0553. The van der Waals surface area contributed by atoms with Crippen molar-refractivity contribution in [3.05, 3.63) is 11.6 Å². The first-order valence-electron chi connectivity index (χ1n) is 15.2. The van der Waals surface area contributed by atoms with Gasteiger partial charge in [-0.15, -0.1) is 0 Å². The highest BCUT2D eigenvalue weighted by Crippen LogP contribution is 2.89.